The zero-order valence-corrected chi connectivity index (χ0v) is 10.8. The SMILES string of the molecule is CC(C)(O)C1CCN(c2nccnc2C#N)CC1. The average molecular weight is 246 g/mol. The molecule has 1 aliphatic heterocycles. The molecule has 0 radical (unpaired) electrons. The molecule has 0 atom stereocenters. The first-order valence-corrected chi connectivity index (χ1v) is 6.21. The summed E-state index contributed by atoms with van der Waals surface area (Å²) in [4.78, 5) is 10.3. The molecular weight excluding hydrogens is 228 g/mol. The molecule has 0 spiro atoms. The highest BCUT2D eigenvalue weighted by Gasteiger charge is 2.31. The van der Waals surface area contributed by atoms with Gasteiger partial charge in [0.2, 0.25) is 0 Å². The zero-order chi connectivity index (χ0) is 13.2. The third-order valence-corrected chi connectivity index (χ3v) is 3.58. The summed E-state index contributed by atoms with van der Waals surface area (Å²) in [6.45, 7) is 5.33. The normalized spacial score (nSPS) is 17.6. The topological polar surface area (TPSA) is 73.0 Å². The van der Waals surface area contributed by atoms with Gasteiger partial charge in [0.05, 0.1) is 5.60 Å². The monoisotopic (exact) mass is 246 g/mol. The number of aromatic nitrogens is 2. The van der Waals surface area contributed by atoms with Gasteiger partial charge in [-0.15, -0.1) is 0 Å². The second kappa shape index (κ2) is 4.91. The lowest BCUT2D eigenvalue weighted by Gasteiger charge is -2.38. The van der Waals surface area contributed by atoms with Crippen LogP contribution in [-0.2, 0) is 0 Å². The Balaban J connectivity index is 2.09. The van der Waals surface area contributed by atoms with Crippen LogP contribution in [0.25, 0.3) is 0 Å². The molecular formula is C13H18N4O. The summed E-state index contributed by atoms with van der Waals surface area (Å²) in [5, 5.41) is 19.0. The maximum Gasteiger partial charge on any atom is 0.183 e. The van der Waals surface area contributed by atoms with Crippen molar-refractivity contribution in [3.05, 3.63) is 18.1 Å². The minimum Gasteiger partial charge on any atom is -0.390 e. The number of piperidine rings is 1. The summed E-state index contributed by atoms with van der Waals surface area (Å²) in [6.07, 6.45) is 4.96. The van der Waals surface area contributed by atoms with Gasteiger partial charge in [-0.05, 0) is 32.6 Å². The molecule has 18 heavy (non-hydrogen) atoms. The molecule has 5 nitrogen and oxygen atoms in total. The Morgan fingerprint density at radius 3 is 2.50 bits per heavy atom. The van der Waals surface area contributed by atoms with Gasteiger partial charge in [0, 0.05) is 25.5 Å². The average Bonchev–Trinajstić information content (AvgIpc) is 2.38. The van der Waals surface area contributed by atoms with Gasteiger partial charge in [-0.1, -0.05) is 0 Å². The second-order valence-electron chi connectivity index (χ2n) is 5.26. The first kappa shape index (κ1) is 12.8. The molecule has 1 aromatic rings. The van der Waals surface area contributed by atoms with Crippen LogP contribution in [0.5, 0.6) is 0 Å². The lowest BCUT2D eigenvalue weighted by molar-refractivity contribution is 0.00645. The summed E-state index contributed by atoms with van der Waals surface area (Å²) >= 11 is 0. The number of nitriles is 1. The number of hydrogen-bond donors (Lipinski definition) is 1. The molecule has 1 aromatic heterocycles. The highest BCUT2D eigenvalue weighted by atomic mass is 16.3. The van der Waals surface area contributed by atoms with Crippen molar-refractivity contribution in [1.29, 1.82) is 5.26 Å². The van der Waals surface area contributed by atoms with Crippen LogP contribution in [0.3, 0.4) is 0 Å². The lowest BCUT2D eigenvalue weighted by atomic mass is 9.83. The van der Waals surface area contributed by atoms with Crippen LogP contribution >= 0.6 is 0 Å². The van der Waals surface area contributed by atoms with E-state index in [1.165, 1.54) is 6.20 Å². The van der Waals surface area contributed by atoms with Gasteiger partial charge in [0.1, 0.15) is 6.07 Å². The van der Waals surface area contributed by atoms with Gasteiger partial charge >= 0.3 is 0 Å². The molecule has 1 N–H and O–H groups in total. The minimum atomic E-state index is -0.632. The van der Waals surface area contributed by atoms with Gasteiger partial charge in [-0.3, -0.25) is 0 Å². The quantitative estimate of drug-likeness (QED) is 0.852. The van der Waals surface area contributed by atoms with Crippen molar-refractivity contribution in [2.24, 2.45) is 5.92 Å². The number of rotatable bonds is 2. The smallest absolute Gasteiger partial charge is 0.183 e. The number of anilines is 1. The molecule has 0 saturated carbocycles. The van der Waals surface area contributed by atoms with Crippen LogP contribution in [-0.4, -0.2) is 33.8 Å². The molecule has 0 aliphatic carbocycles. The molecule has 0 bridgehead atoms. The van der Waals surface area contributed by atoms with Crippen LogP contribution in [0.15, 0.2) is 12.4 Å². The molecule has 1 fully saturated rings. The van der Waals surface area contributed by atoms with Gasteiger partial charge in [0.15, 0.2) is 11.5 Å². The summed E-state index contributed by atoms with van der Waals surface area (Å²) in [5.74, 6) is 0.963. The Kier molecular flexibility index (Phi) is 3.48. The van der Waals surface area contributed by atoms with E-state index >= 15 is 0 Å². The largest absolute Gasteiger partial charge is 0.390 e. The van der Waals surface area contributed by atoms with Crippen LogP contribution in [0.4, 0.5) is 5.82 Å². The third kappa shape index (κ3) is 2.59. The Hall–Kier alpha value is -1.67. The van der Waals surface area contributed by atoms with Crippen LogP contribution < -0.4 is 4.90 Å². The second-order valence-corrected chi connectivity index (χ2v) is 5.26. The Labute approximate surface area is 107 Å². The molecule has 1 aliphatic rings. The summed E-state index contributed by atoms with van der Waals surface area (Å²) in [7, 11) is 0. The molecule has 1 saturated heterocycles. The minimum absolute atomic E-state index is 0.302. The fraction of sp³-hybridized carbons (Fsp3) is 0.615. The van der Waals surface area contributed by atoms with E-state index in [1.54, 1.807) is 6.20 Å². The molecule has 0 amide bonds. The van der Waals surface area contributed by atoms with Crippen molar-refractivity contribution in [2.45, 2.75) is 32.3 Å². The maximum absolute atomic E-state index is 10.0. The van der Waals surface area contributed by atoms with Crippen molar-refractivity contribution in [1.82, 2.24) is 9.97 Å². The van der Waals surface area contributed by atoms with E-state index in [-0.39, 0.29) is 0 Å². The summed E-state index contributed by atoms with van der Waals surface area (Å²) in [6, 6.07) is 2.07. The van der Waals surface area contributed by atoms with Crippen molar-refractivity contribution >= 4 is 5.82 Å². The van der Waals surface area contributed by atoms with Crippen molar-refractivity contribution in [3.63, 3.8) is 0 Å². The highest BCUT2D eigenvalue weighted by Crippen LogP contribution is 2.30. The van der Waals surface area contributed by atoms with E-state index in [2.05, 4.69) is 20.9 Å². The number of hydrogen-bond acceptors (Lipinski definition) is 5. The summed E-state index contributed by atoms with van der Waals surface area (Å²) in [5.41, 5.74) is -0.258. The fourth-order valence-corrected chi connectivity index (χ4v) is 2.44. The molecule has 0 unspecified atom stereocenters. The summed E-state index contributed by atoms with van der Waals surface area (Å²) < 4.78 is 0. The fourth-order valence-electron chi connectivity index (χ4n) is 2.44. The number of nitrogens with zero attached hydrogens (tertiary/aromatic N) is 4. The van der Waals surface area contributed by atoms with Crippen LogP contribution in [0.2, 0.25) is 0 Å². The van der Waals surface area contributed by atoms with Gasteiger partial charge in [-0.25, -0.2) is 9.97 Å². The first-order chi connectivity index (χ1) is 8.52. The van der Waals surface area contributed by atoms with E-state index in [0.717, 1.165) is 25.9 Å². The predicted octanol–water partition coefficient (Wildman–Crippen LogP) is 1.34. The van der Waals surface area contributed by atoms with Gasteiger partial charge in [0.25, 0.3) is 0 Å². The van der Waals surface area contributed by atoms with E-state index in [9.17, 15) is 5.11 Å². The van der Waals surface area contributed by atoms with Crippen LogP contribution in [0, 0.1) is 17.2 Å². The maximum atomic E-state index is 10.0. The third-order valence-electron chi connectivity index (χ3n) is 3.58. The lowest BCUT2D eigenvalue weighted by Crippen LogP contribution is -2.42. The van der Waals surface area contributed by atoms with Crippen molar-refractivity contribution in [3.8, 4) is 6.07 Å². The Bertz CT molecular complexity index is 453. The van der Waals surface area contributed by atoms with Crippen molar-refractivity contribution in [2.75, 3.05) is 18.0 Å². The molecule has 0 aromatic carbocycles. The standard InChI is InChI=1S/C13H18N4O/c1-13(2,18)10-3-7-17(8-4-10)12-11(9-14)15-5-6-16-12/h5-6,10,18H,3-4,7-8H2,1-2H3. The highest BCUT2D eigenvalue weighted by molar-refractivity contribution is 5.49. The zero-order valence-electron chi connectivity index (χ0n) is 10.8. The van der Waals surface area contributed by atoms with Crippen LogP contribution in [0.1, 0.15) is 32.4 Å². The molecule has 2 heterocycles. The Morgan fingerprint density at radius 1 is 1.33 bits per heavy atom. The first-order valence-electron chi connectivity index (χ1n) is 6.21. The van der Waals surface area contributed by atoms with Gasteiger partial charge < -0.3 is 10.0 Å². The van der Waals surface area contributed by atoms with Crippen molar-refractivity contribution < 1.29 is 5.11 Å². The van der Waals surface area contributed by atoms with E-state index in [1.807, 2.05) is 13.8 Å². The predicted molar refractivity (Wildman–Crippen MR) is 68.0 cm³/mol. The molecule has 5 heteroatoms. The van der Waals surface area contributed by atoms with E-state index in [4.69, 9.17) is 5.26 Å². The van der Waals surface area contributed by atoms with E-state index in [0.29, 0.717) is 17.4 Å². The molecule has 2 rings (SSSR count). The van der Waals surface area contributed by atoms with Gasteiger partial charge in [-0.2, -0.15) is 5.26 Å². The molecule has 96 valence electrons. The van der Waals surface area contributed by atoms with E-state index < -0.39 is 5.60 Å². The Morgan fingerprint density at radius 2 is 1.94 bits per heavy atom. The number of aliphatic hydroxyl groups is 1.